The molecule has 7 heteroatoms. The minimum atomic E-state index is -0.906. The van der Waals surface area contributed by atoms with E-state index in [1.165, 1.54) is 4.90 Å². The molecule has 1 N–H and O–H groups in total. The molecule has 2 aliphatic rings. The molecule has 0 radical (unpaired) electrons. The van der Waals surface area contributed by atoms with E-state index in [0.29, 0.717) is 38.2 Å². The first kappa shape index (κ1) is 12.2. The summed E-state index contributed by atoms with van der Waals surface area (Å²) in [4.78, 5) is 12.6. The normalized spacial score (nSPS) is 17.0. The molecule has 4 heterocycles. The van der Waals surface area contributed by atoms with Gasteiger partial charge in [-0.15, -0.1) is 0 Å². The summed E-state index contributed by atoms with van der Waals surface area (Å²) in [5, 5.41) is 17.7. The van der Waals surface area contributed by atoms with Gasteiger partial charge < -0.3 is 14.5 Å². The van der Waals surface area contributed by atoms with Gasteiger partial charge in [0.05, 0.1) is 25.0 Å². The Morgan fingerprint density at radius 1 is 1.43 bits per heavy atom. The molecule has 0 unspecified atom stereocenters. The fraction of sp³-hybridized carbons (Fsp3) is 0.357. The molecule has 0 saturated heterocycles. The third kappa shape index (κ3) is 1.77. The highest BCUT2D eigenvalue weighted by molar-refractivity contribution is 5.69. The van der Waals surface area contributed by atoms with Crippen LogP contribution in [-0.2, 0) is 25.9 Å². The predicted molar refractivity (Wildman–Crippen MR) is 72.7 cm³/mol. The second-order valence-electron chi connectivity index (χ2n) is 5.49. The molecule has 2 aliphatic heterocycles. The summed E-state index contributed by atoms with van der Waals surface area (Å²) in [6, 6.07) is 0. The molecule has 2 aromatic heterocycles. The number of hydrogen-bond donors (Lipinski definition) is 1. The van der Waals surface area contributed by atoms with E-state index >= 15 is 0 Å². The molecular weight excluding hydrogens is 272 g/mol. The minimum Gasteiger partial charge on any atom is -0.465 e. The maximum Gasteiger partial charge on any atom is 0.407 e. The minimum absolute atomic E-state index is 0.340. The number of aromatic nitrogens is 3. The van der Waals surface area contributed by atoms with Crippen molar-refractivity contribution >= 4 is 6.09 Å². The van der Waals surface area contributed by atoms with Crippen LogP contribution in [0, 0.1) is 0 Å². The number of allylic oxidation sites excluding steroid dienone is 1. The van der Waals surface area contributed by atoms with E-state index in [0.717, 1.165) is 28.1 Å². The summed E-state index contributed by atoms with van der Waals surface area (Å²) in [5.41, 5.74) is 4.74. The summed E-state index contributed by atoms with van der Waals surface area (Å²) < 4.78 is 7.28. The van der Waals surface area contributed by atoms with Gasteiger partial charge in [0, 0.05) is 30.5 Å². The van der Waals surface area contributed by atoms with Gasteiger partial charge in [0.1, 0.15) is 5.69 Å². The Labute approximate surface area is 120 Å². The van der Waals surface area contributed by atoms with Gasteiger partial charge in [0.15, 0.2) is 5.76 Å². The largest absolute Gasteiger partial charge is 0.465 e. The van der Waals surface area contributed by atoms with Gasteiger partial charge in [0.25, 0.3) is 0 Å². The molecule has 0 spiro atoms. The first-order valence-electron chi connectivity index (χ1n) is 6.80. The molecule has 108 valence electrons. The molecule has 1 amide bonds. The zero-order chi connectivity index (χ0) is 14.6. The SMILES string of the molecule is C=C1Cc2cnoc2-c2c3c(nn2C1)CCN(C(=O)O)C3. The van der Waals surface area contributed by atoms with Crippen molar-refractivity contribution < 1.29 is 14.4 Å². The summed E-state index contributed by atoms with van der Waals surface area (Å²) in [5.74, 6) is 0.689. The molecule has 0 aromatic carbocycles. The van der Waals surface area contributed by atoms with Crippen molar-refractivity contribution in [3.63, 3.8) is 0 Å². The molecule has 2 aromatic rings. The van der Waals surface area contributed by atoms with Crippen LogP contribution in [0.25, 0.3) is 11.5 Å². The molecule has 0 fully saturated rings. The first-order chi connectivity index (χ1) is 10.1. The monoisotopic (exact) mass is 286 g/mol. The molecule has 0 saturated carbocycles. The van der Waals surface area contributed by atoms with Gasteiger partial charge in [-0.05, 0) is 0 Å². The lowest BCUT2D eigenvalue weighted by Crippen LogP contribution is -2.34. The Bertz CT molecular complexity index is 758. The Hall–Kier alpha value is -2.57. The highest BCUT2D eigenvalue weighted by Gasteiger charge is 2.31. The van der Waals surface area contributed by atoms with E-state index in [2.05, 4.69) is 16.8 Å². The van der Waals surface area contributed by atoms with E-state index < -0.39 is 6.09 Å². The maximum absolute atomic E-state index is 11.2. The van der Waals surface area contributed by atoms with Crippen molar-refractivity contribution in [2.24, 2.45) is 0 Å². The van der Waals surface area contributed by atoms with Crippen molar-refractivity contribution in [1.82, 2.24) is 19.8 Å². The fourth-order valence-electron chi connectivity index (χ4n) is 3.08. The van der Waals surface area contributed by atoms with Crippen LogP contribution in [-0.4, -0.2) is 37.6 Å². The van der Waals surface area contributed by atoms with Crippen molar-refractivity contribution in [3.05, 3.63) is 35.2 Å². The van der Waals surface area contributed by atoms with Crippen molar-refractivity contribution in [3.8, 4) is 11.5 Å². The molecule has 0 atom stereocenters. The van der Waals surface area contributed by atoms with E-state index in [4.69, 9.17) is 4.52 Å². The predicted octanol–water partition coefficient (Wildman–Crippen LogP) is 1.69. The molecule has 0 bridgehead atoms. The topological polar surface area (TPSA) is 84.4 Å². The van der Waals surface area contributed by atoms with Gasteiger partial charge in [-0.1, -0.05) is 17.3 Å². The van der Waals surface area contributed by atoms with Gasteiger partial charge in [-0.25, -0.2) is 4.79 Å². The Balaban J connectivity index is 1.89. The average Bonchev–Trinajstić information content (AvgIpc) is 2.98. The maximum atomic E-state index is 11.2. The highest BCUT2D eigenvalue weighted by Crippen LogP contribution is 2.36. The summed E-state index contributed by atoms with van der Waals surface area (Å²) in [6.45, 7) is 5.51. The molecular formula is C14H14N4O3. The third-order valence-electron chi connectivity index (χ3n) is 4.04. The van der Waals surface area contributed by atoms with E-state index in [1.54, 1.807) is 6.20 Å². The van der Waals surface area contributed by atoms with Gasteiger partial charge in [-0.3, -0.25) is 4.68 Å². The van der Waals surface area contributed by atoms with Crippen LogP contribution in [0.1, 0.15) is 16.8 Å². The van der Waals surface area contributed by atoms with E-state index in [9.17, 15) is 9.90 Å². The third-order valence-corrected chi connectivity index (χ3v) is 4.04. The standard InChI is InChI=1S/C14H14N4O3/c1-8-4-9-5-15-21-13(9)12-10-7-17(14(19)20)3-2-11(10)16-18(12)6-8/h5H,1-4,6-7H2,(H,19,20). The van der Waals surface area contributed by atoms with Crippen molar-refractivity contribution in [1.29, 1.82) is 0 Å². The summed E-state index contributed by atoms with van der Waals surface area (Å²) in [7, 11) is 0. The average molecular weight is 286 g/mol. The number of rotatable bonds is 0. The lowest BCUT2D eigenvalue weighted by molar-refractivity contribution is 0.140. The number of hydrogen-bond acceptors (Lipinski definition) is 4. The second kappa shape index (κ2) is 4.21. The number of carboxylic acid groups (broad SMARTS) is 1. The zero-order valence-electron chi connectivity index (χ0n) is 11.4. The lowest BCUT2D eigenvalue weighted by Gasteiger charge is -2.23. The summed E-state index contributed by atoms with van der Waals surface area (Å²) >= 11 is 0. The van der Waals surface area contributed by atoms with Crippen molar-refractivity contribution in [2.45, 2.75) is 25.9 Å². The highest BCUT2D eigenvalue weighted by atomic mass is 16.5. The fourth-order valence-corrected chi connectivity index (χ4v) is 3.08. The number of amides is 1. The van der Waals surface area contributed by atoms with Gasteiger partial charge in [-0.2, -0.15) is 5.10 Å². The molecule has 0 aliphatic carbocycles. The molecule has 7 nitrogen and oxygen atoms in total. The number of nitrogens with zero attached hydrogens (tertiary/aromatic N) is 4. The Morgan fingerprint density at radius 2 is 2.29 bits per heavy atom. The smallest absolute Gasteiger partial charge is 0.407 e. The van der Waals surface area contributed by atoms with Crippen LogP contribution < -0.4 is 0 Å². The van der Waals surface area contributed by atoms with Crippen LogP contribution in [0.4, 0.5) is 4.79 Å². The number of carbonyl (C=O) groups is 1. The van der Waals surface area contributed by atoms with E-state index in [1.807, 2.05) is 4.68 Å². The quantitative estimate of drug-likeness (QED) is 0.745. The van der Waals surface area contributed by atoms with Crippen LogP contribution in [0.3, 0.4) is 0 Å². The molecule has 21 heavy (non-hydrogen) atoms. The van der Waals surface area contributed by atoms with Gasteiger partial charge >= 0.3 is 6.09 Å². The van der Waals surface area contributed by atoms with Crippen LogP contribution in [0.5, 0.6) is 0 Å². The van der Waals surface area contributed by atoms with Crippen LogP contribution in [0.2, 0.25) is 0 Å². The molecule has 4 rings (SSSR count). The zero-order valence-corrected chi connectivity index (χ0v) is 11.4. The Morgan fingerprint density at radius 3 is 3.10 bits per heavy atom. The van der Waals surface area contributed by atoms with E-state index in [-0.39, 0.29) is 0 Å². The first-order valence-corrected chi connectivity index (χ1v) is 6.80. The Kier molecular flexibility index (Phi) is 2.44. The van der Waals surface area contributed by atoms with Crippen LogP contribution in [0.15, 0.2) is 22.9 Å². The van der Waals surface area contributed by atoms with Crippen molar-refractivity contribution in [2.75, 3.05) is 6.54 Å². The van der Waals surface area contributed by atoms with Crippen LogP contribution >= 0.6 is 0 Å². The lowest BCUT2D eigenvalue weighted by atomic mass is 10.0. The second-order valence-corrected chi connectivity index (χ2v) is 5.49. The van der Waals surface area contributed by atoms with Gasteiger partial charge in [0.2, 0.25) is 0 Å². The summed E-state index contributed by atoms with van der Waals surface area (Å²) in [6.07, 6.45) is 2.13. The number of fused-ring (bicyclic) bond motifs is 5.